The zero-order chi connectivity index (χ0) is 12.0. The Bertz CT molecular complexity index is 298. The second-order valence-electron chi connectivity index (χ2n) is 6.22. The van der Waals surface area contributed by atoms with Crippen molar-refractivity contribution in [2.75, 3.05) is 6.54 Å². The average molecular weight is 226 g/mol. The number of hydrogen-bond acceptors (Lipinski definition) is 3. The van der Waals surface area contributed by atoms with Crippen LogP contribution in [0.5, 0.6) is 0 Å². The summed E-state index contributed by atoms with van der Waals surface area (Å²) in [6.45, 7) is 6.34. The van der Waals surface area contributed by atoms with Crippen LogP contribution < -0.4 is 5.73 Å². The first kappa shape index (κ1) is 11.7. The van der Waals surface area contributed by atoms with E-state index in [4.69, 9.17) is 10.5 Å². The van der Waals surface area contributed by atoms with Crippen LogP contribution in [0.4, 0.5) is 4.79 Å². The first-order chi connectivity index (χ1) is 7.29. The molecule has 16 heavy (non-hydrogen) atoms. The molecule has 2 atom stereocenters. The molecule has 0 spiro atoms. The van der Waals surface area contributed by atoms with Gasteiger partial charge in [-0.1, -0.05) is 0 Å². The molecule has 1 aliphatic heterocycles. The maximum Gasteiger partial charge on any atom is 0.410 e. The summed E-state index contributed by atoms with van der Waals surface area (Å²) in [7, 11) is 0. The van der Waals surface area contributed by atoms with Crippen LogP contribution in [0.3, 0.4) is 0 Å². The smallest absolute Gasteiger partial charge is 0.410 e. The number of hydrogen-bond donors (Lipinski definition) is 1. The molecule has 0 radical (unpaired) electrons. The highest BCUT2D eigenvalue weighted by Crippen LogP contribution is 2.37. The summed E-state index contributed by atoms with van der Waals surface area (Å²) in [4.78, 5) is 13.8. The Kier molecular flexibility index (Phi) is 2.65. The van der Waals surface area contributed by atoms with Gasteiger partial charge in [0.1, 0.15) is 5.60 Å². The number of carbonyl (C=O) groups is 1. The topological polar surface area (TPSA) is 55.6 Å². The van der Waals surface area contributed by atoms with Crippen molar-refractivity contribution in [3.05, 3.63) is 0 Å². The van der Waals surface area contributed by atoms with Gasteiger partial charge in [0, 0.05) is 18.1 Å². The van der Waals surface area contributed by atoms with Crippen molar-refractivity contribution in [3.63, 3.8) is 0 Å². The Morgan fingerprint density at radius 3 is 2.75 bits per heavy atom. The highest BCUT2D eigenvalue weighted by Gasteiger charge is 2.46. The molecule has 2 rings (SSSR count). The van der Waals surface area contributed by atoms with Gasteiger partial charge in [-0.2, -0.15) is 0 Å². The van der Waals surface area contributed by atoms with Gasteiger partial charge in [-0.05, 0) is 46.5 Å². The van der Waals surface area contributed by atoms with E-state index in [1.165, 1.54) is 0 Å². The Hall–Kier alpha value is -0.770. The summed E-state index contributed by atoms with van der Waals surface area (Å²) in [6.07, 6.45) is 3.96. The number of amides is 1. The number of nitrogens with zero attached hydrogens (tertiary/aromatic N) is 1. The van der Waals surface area contributed by atoms with Gasteiger partial charge < -0.3 is 15.4 Å². The molecule has 2 unspecified atom stereocenters. The van der Waals surface area contributed by atoms with Crippen LogP contribution in [-0.4, -0.2) is 34.7 Å². The molecule has 4 heteroatoms. The predicted molar refractivity (Wildman–Crippen MR) is 62.1 cm³/mol. The third kappa shape index (κ3) is 2.32. The summed E-state index contributed by atoms with van der Waals surface area (Å²) >= 11 is 0. The third-order valence-electron chi connectivity index (χ3n) is 3.41. The maximum atomic E-state index is 12.0. The largest absolute Gasteiger partial charge is 0.444 e. The van der Waals surface area contributed by atoms with Gasteiger partial charge in [-0.15, -0.1) is 0 Å². The minimum absolute atomic E-state index is 0.153. The van der Waals surface area contributed by atoms with Gasteiger partial charge in [0.15, 0.2) is 0 Å². The standard InChI is InChI=1S/C12H22N2O2/c1-11(2,3)16-10(15)14-8-12(13)6-4-5-9(14)7-12/h9H,4-8,13H2,1-3H3. The Labute approximate surface area is 97.1 Å². The number of fused-ring (bicyclic) bond motifs is 2. The van der Waals surface area contributed by atoms with Gasteiger partial charge in [0.05, 0.1) is 0 Å². The molecular weight excluding hydrogens is 204 g/mol. The fourth-order valence-electron chi connectivity index (χ4n) is 2.78. The third-order valence-corrected chi connectivity index (χ3v) is 3.41. The van der Waals surface area contributed by atoms with Crippen LogP contribution >= 0.6 is 0 Å². The minimum atomic E-state index is -0.421. The molecule has 1 saturated heterocycles. The highest BCUT2D eigenvalue weighted by molar-refractivity contribution is 5.69. The summed E-state index contributed by atoms with van der Waals surface area (Å²) in [5.74, 6) is 0. The second kappa shape index (κ2) is 3.62. The average Bonchev–Trinajstić information content (AvgIpc) is 2.33. The van der Waals surface area contributed by atoms with E-state index in [1.54, 1.807) is 0 Å². The van der Waals surface area contributed by atoms with Gasteiger partial charge >= 0.3 is 6.09 Å². The van der Waals surface area contributed by atoms with Gasteiger partial charge in [-0.25, -0.2) is 4.79 Å². The summed E-state index contributed by atoms with van der Waals surface area (Å²) in [6, 6.07) is 0.300. The number of nitrogens with two attached hydrogens (primary N) is 1. The van der Waals surface area contributed by atoms with Gasteiger partial charge in [-0.3, -0.25) is 0 Å². The normalized spacial score (nSPS) is 34.0. The van der Waals surface area contributed by atoms with E-state index in [1.807, 2.05) is 25.7 Å². The highest BCUT2D eigenvalue weighted by atomic mass is 16.6. The molecule has 2 fully saturated rings. The van der Waals surface area contributed by atoms with E-state index >= 15 is 0 Å². The Morgan fingerprint density at radius 1 is 1.50 bits per heavy atom. The second-order valence-corrected chi connectivity index (χ2v) is 6.22. The molecule has 0 aromatic heterocycles. The summed E-state index contributed by atoms with van der Waals surface area (Å²) in [5, 5.41) is 0. The first-order valence-corrected chi connectivity index (χ1v) is 6.08. The van der Waals surface area contributed by atoms with Crippen molar-refractivity contribution in [2.24, 2.45) is 5.73 Å². The number of ether oxygens (including phenoxy) is 1. The fraction of sp³-hybridized carbons (Fsp3) is 0.917. The molecule has 1 amide bonds. The monoisotopic (exact) mass is 226 g/mol. The number of likely N-dealkylation sites (tertiary alicyclic amines) is 1. The van der Waals surface area contributed by atoms with Crippen LogP contribution in [0.15, 0.2) is 0 Å². The molecule has 0 aromatic rings. The van der Waals surface area contributed by atoms with Crippen LogP contribution in [0.1, 0.15) is 46.5 Å². The van der Waals surface area contributed by atoms with E-state index < -0.39 is 5.60 Å². The zero-order valence-corrected chi connectivity index (χ0v) is 10.5. The summed E-state index contributed by atoms with van der Waals surface area (Å²) < 4.78 is 5.41. The van der Waals surface area contributed by atoms with Crippen molar-refractivity contribution >= 4 is 6.09 Å². The molecule has 2 N–H and O–H groups in total. The van der Waals surface area contributed by atoms with E-state index in [0.29, 0.717) is 12.6 Å². The van der Waals surface area contributed by atoms with Crippen molar-refractivity contribution in [1.29, 1.82) is 0 Å². The van der Waals surface area contributed by atoms with Gasteiger partial charge in [0.25, 0.3) is 0 Å². The van der Waals surface area contributed by atoms with Gasteiger partial charge in [0.2, 0.25) is 0 Å². The lowest BCUT2D eigenvalue weighted by atomic mass is 9.84. The van der Waals surface area contributed by atoms with Crippen LogP contribution in [0, 0.1) is 0 Å². The molecule has 1 saturated carbocycles. The fourth-order valence-corrected chi connectivity index (χ4v) is 2.78. The van der Waals surface area contributed by atoms with Crippen LogP contribution in [0.2, 0.25) is 0 Å². The minimum Gasteiger partial charge on any atom is -0.444 e. The summed E-state index contributed by atoms with van der Waals surface area (Å²) in [5.41, 5.74) is 5.67. The van der Waals surface area contributed by atoms with E-state index in [2.05, 4.69) is 0 Å². The molecule has 1 aliphatic carbocycles. The lowest BCUT2D eigenvalue weighted by molar-refractivity contribution is 0.0222. The first-order valence-electron chi connectivity index (χ1n) is 6.08. The van der Waals surface area contributed by atoms with Crippen molar-refractivity contribution in [1.82, 2.24) is 4.90 Å². The number of carbonyl (C=O) groups excluding carboxylic acids is 1. The van der Waals surface area contributed by atoms with Crippen LogP contribution in [0.25, 0.3) is 0 Å². The molecule has 4 nitrogen and oxygen atoms in total. The maximum absolute atomic E-state index is 12.0. The van der Waals surface area contributed by atoms with E-state index in [9.17, 15) is 4.79 Å². The molecule has 1 heterocycles. The molecule has 2 bridgehead atoms. The number of rotatable bonds is 0. The van der Waals surface area contributed by atoms with E-state index in [-0.39, 0.29) is 11.6 Å². The lowest BCUT2D eigenvalue weighted by Crippen LogP contribution is -2.44. The predicted octanol–water partition coefficient (Wildman–Crippen LogP) is 1.88. The Balaban J connectivity index is 2.03. The molecule has 2 aliphatic rings. The van der Waals surface area contributed by atoms with E-state index in [0.717, 1.165) is 25.7 Å². The van der Waals surface area contributed by atoms with Crippen LogP contribution in [-0.2, 0) is 4.74 Å². The quantitative estimate of drug-likeness (QED) is 0.686. The lowest BCUT2D eigenvalue weighted by Gasteiger charge is -2.28. The zero-order valence-electron chi connectivity index (χ0n) is 10.5. The molecular formula is C12H22N2O2. The Morgan fingerprint density at radius 2 is 2.19 bits per heavy atom. The SMILES string of the molecule is CC(C)(C)OC(=O)N1CC2(N)CCCC1C2. The van der Waals surface area contributed by atoms with Crippen molar-refractivity contribution in [2.45, 2.75) is 63.6 Å². The van der Waals surface area contributed by atoms with Crippen molar-refractivity contribution in [3.8, 4) is 0 Å². The molecule has 0 aromatic carbocycles. The molecule has 92 valence electrons. The van der Waals surface area contributed by atoms with Crippen molar-refractivity contribution < 1.29 is 9.53 Å².